The van der Waals surface area contributed by atoms with Crippen LogP contribution in [0.1, 0.15) is 16.7 Å². The second-order valence-corrected chi connectivity index (χ2v) is 5.57. The number of hydrogen-bond donors (Lipinski definition) is 1. The van der Waals surface area contributed by atoms with Gasteiger partial charge in [0, 0.05) is 11.8 Å². The molecule has 2 aromatic rings. The van der Waals surface area contributed by atoms with Gasteiger partial charge in [-0.1, -0.05) is 6.07 Å². The second-order valence-electron chi connectivity index (χ2n) is 5.57. The Morgan fingerprint density at radius 2 is 1.68 bits per heavy atom. The van der Waals surface area contributed by atoms with E-state index in [1.807, 2.05) is 38.1 Å². The molecule has 0 bridgehead atoms. The summed E-state index contributed by atoms with van der Waals surface area (Å²) in [6.07, 6.45) is 1.50. The minimum atomic E-state index is -0.465. The highest BCUT2D eigenvalue weighted by atomic mass is 16.5. The quantitative estimate of drug-likeness (QED) is 0.665. The van der Waals surface area contributed by atoms with Gasteiger partial charge in [-0.2, -0.15) is 5.26 Å². The predicted molar refractivity (Wildman–Crippen MR) is 97.7 cm³/mol. The van der Waals surface area contributed by atoms with E-state index in [1.54, 1.807) is 32.4 Å². The van der Waals surface area contributed by atoms with E-state index in [0.29, 0.717) is 22.7 Å². The lowest BCUT2D eigenvalue weighted by Gasteiger charge is -2.08. The van der Waals surface area contributed by atoms with Gasteiger partial charge >= 0.3 is 0 Å². The molecular formula is C20H20N2O3. The summed E-state index contributed by atoms with van der Waals surface area (Å²) in [5.41, 5.74) is 3.49. The highest BCUT2D eigenvalue weighted by Crippen LogP contribution is 2.24. The Labute approximate surface area is 147 Å². The Morgan fingerprint density at radius 3 is 2.20 bits per heavy atom. The third-order valence-corrected chi connectivity index (χ3v) is 3.81. The number of carbonyl (C=O) groups excluding carboxylic acids is 1. The molecule has 5 heteroatoms. The Morgan fingerprint density at radius 1 is 1.04 bits per heavy atom. The van der Waals surface area contributed by atoms with Crippen LogP contribution < -0.4 is 14.8 Å². The van der Waals surface area contributed by atoms with Crippen LogP contribution in [0.3, 0.4) is 0 Å². The van der Waals surface area contributed by atoms with E-state index < -0.39 is 5.91 Å². The van der Waals surface area contributed by atoms with Gasteiger partial charge in [-0.25, -0.2) is 0 Å². The van der Waals surface area contributed by atoms with Crippen molar-refractivity contribution in [3.05, 3.63) is 58.7 Å². The maximum Gasteiger partial charge on any atom is 0.266 e. The molecule has 0 aliphatic heterocycles. The zero-order valence-corrected chi connectivity index (χ0v) is 14.7. The van der Waals surface area contributed by atoms with Crippen molar-refractivity contribution in [3.63, 3.8) is 0 Å². The van der Waals surface area contributed by atoms with E-state index in [4.69, 9.17) is 9.47 Å². The number of aryl methyl sites for hydroxylation is 2. The number of amides is 1. The molecule has 0 radical (unpaired) electrons. The molecule has 0 aliphatic carbocycles. The molecule has 0 unspecified atom stereocenters. The molecule has 2 aromatic carbocycles. The summed E-state index contributed by atoms with van der Waals surface area (Å²) in [5, 5.41) is 12.1. The highest BCUT2D eigenvalue weighted by molar-refractivity contribution is 6.09. The molecular weight excluding hydrogens is 316 g/mol. The largest absolute Gasteiger partial charge is 0.497 e. The van der Waals surface area contributed by atoms with Crippen molar-refractivity contribution < 1.29 is 14.3 Å². The maximum atomic E-state index is 12.4. The SMILES string of the molecule is COc1cc(/C=C(\C#N)C(=O)Nc2ccc(C)c(C)c2)cc(OC)c1. The average molecular weight is 336 g/mol. The number of anilines is 1. The first-order valence-electron chi connectivity index (χ1n) is 7.70. The molecule has 25 heavy (non-hydrogen) atoms. The monoisotopic (exact) mass is 336 g/mol. The fraction of sp³-hybridized carbons (Fsp3) is 0.200. The van der Waals surface area contributed by atoms with Crippen molar-refractivity contribution in [3.8, 4) is 17.6 Å². The van der Waals surface area contributed by atoms with Gasteiger partial charge in [-0.15, -0.1) is 0 Å². The molecule has 0 fully saturated rings. The lowest BCUT2D eigenvalue weighted by Crippen LogP contribution is -2.13. The molecule has 0 aliphatic rings. The molecule has 128 valence electrons. The molecule has 0 heterocycles. The molecule has 0 saturated carbocycles. The number of nitrogens with zero attached hydrogens (tertiary/aromatic N) is 1. The summed E-state index contributed by atoms with van der Waals surface area (Å²) in [6, 6.07) is 12.7. The molecule has 0 aromatic heterocycles. The van der Waals surface area contributed by atoms with Gasteiger partial charge in [0.2, 0.25) is 0 Å². The van der Waals surface area contributed by atoms with Gasteiger partial charge in [0.25, 0.3) is 5.91 Å². The third kappa shape index (κ3) is 4.61. The van der Waals surface area contributed by atoms with Crippen LogP contribution in [0.5, 0.6) is 11.5 Å². The van der Waals surface area contributed by atoms with E-state index in [2.05, 4.69) is 5.32 Å². The molecule has 0 saturated heterocycles. The average Bonchev–Trinajstić information content (AvgIpc) is 2.62. The summed E-state index contributed by atoms with van der Waals surface area (Å²) >= 11 is 0. The summed E-state index contributed by atoms with van der Waals surface area (Å²) in [4.78, 5) is 12.4. The fourth-order valence-corrected chi connectivity index (χ4v) is 2.25. The molecule has 0 spiro atoms. The van der Waals surface area contributed by atoms with Crippen molar-refractivity contribution >= 4 is 17.7 Å². The number of rotatable bonds is 5. The van der Waals surface area contributed by atoms with Crippen molar-refractivity contribution in [2.24, 2.45) is 0 Å². The van der Waals surface area contributed by atoms with Gasteiger partial charge in [-0.05, 0) is 60.9 Å². The number of nitriles is 1. The van der Waals surface area contributed by atoms with Crippen LogP contribution in [-0.2, 0) is 4.79 Å². The van der Waals surface area contributed by atoms with Gasteiger partial charge in [0.1, 0.15) is 23.1 Å². The van der Waals surface area contributed by atoms with Crippen LogP contribution in [0.2, 0.25) is 0 Å². The fourth-order valence-electron chi connectivity index (χ4n) is 2.25. The molecule has 0 atom stereocenters. The Balaban J connectivity index is 2.29. The number of nitrogens with one attached hydrogen (secondary N) is 1. The first kappa shape index (κ1) is 18.1. The molecule has 5 nitrogen and oxygen atoms in total. The summed E-state index contributed by atoms with van der Waals surface area (Å²) < 4.78 is 10.4. The van der Waals surface area contributed by atoms with Crippen molar-refractivity contribution in [2.75, 3.05) is 19.5 Å². The lowest BCUT2D eigenvalue weighted by molar-refractivity contribution is -0.112. The zero-order valence-electron chi connectivity index (χ0n) is 14.7. The standard InChI is InChI=1S/C20H20N2O3/c1-13-5-6-17(7-14(13)2)22-20(23)16(12-21)8-15-9-18(24-3)11-19(10-15)25-4/h5-11H,1-4H3,(H,22,23)/b16-8+. The van der Waals surface area contributed by atoms with Crippen LogP contribution in [0.4, 0.5) is 5.69 Å². The van der Waals surface area contributed by atoms with Crippen molar-refractivity contribution in [1.82, 2.24) is 0 Å². The van der Waals surface area contributed by atoms with Gasteiger partial charge in [0.15, 0.2) is 0 Å². The number of benzene rings is 2. The number of methoxy groups -OCH3 is 2. The summed E-state index contributed by atoms with van der Waals surface area (Å²) in [6.45, 7) is 3.96. The first-order chi connectivity index (χ1) is 12.0. The van der Waals surface area contributed by atoms with Crippen LogP contribution in [-0.4, -0.2) is 20.1 Å². The molecule has 2 rings (SSSR count). The smallest absolute Gasteiger partial charge is 0.266 e. The molecule has 1 N–H and O–H groups in total. The van der Waals surface area contributed by atoms with E-state index in [1.165, 1.54) is 6.08 Å². The summed E-state index contributed by atoms with van der Waals surface area (Å²) in [5.74, 6) is 0.697. The second kappa shape index (κ2) is 8.02. The lowest BCUT2D eigenvalue weighted by atomic mass is 10.1. The van der Waals surface area contributed by atoms with Crippen molar-refractivity contribution in [2.45, 2.75) is 13.8 Å². The minimum Gasteiger partial charge on any atom is -0.497 e. The maximum absolute atomic E-state index is 12.4. The van der Waals surface area contributed by atoms with Crippen LogP contribution in [0.15, 0.2) is 42.0 Å². The minimum absolute atomic E-state index is 0.00599. The zero-order chi connectivity index (χ0) is 18.4. The Hall–Kier alpha value is -3.26. The van der Waals surface area contributed by atoms with Crippen molar-refractivity contribution in [1.29, 1.82) is 5.26 Å². The van der Waals surface area contributed by atoms with Crippen LogP contribution in [0, 0.1) is 25.2 Å². The number of carbonyl (C=O) groups is 1. The van der Waals surface area contributed by atoms with Gasteiger partial charge in [0.05, 0.1) is 14.2 Å². The highest BCUT2D eigenvalue weighted by Gasteiger charge is 2.11. The van der Waals surface area contributed by atoms with Crippen LogP contribution in [0.25, 0.3) is 6.08 Å². The van der Waals surface area contributed by atoms with E-state index in [-0.39, 0.29) is 5.57 Å². The third-order valence-electron chi connectivity index (χ3n) is 3.81. The van der Waals surface area contributed by atoms with E-state index in [9.17, 15) is 10.1 Å². The van der Waals surface area contributed by atoms with E-state index >= 15 is 0 Å². The number of hydrogen-bond acceptors (Lipinski definition) is 4. The Bertz CT molecular complexity index is 841. The van der Waals surface area contributed by atoms with Gasteiger partial charge < -0.3 is 14.8 Å². The number of ether oxygens (including phenoxy) is 2. The Kier molecular flexibility index (Phi) is 5.80. The topological polar surface area (TPSA) is 71.3 Å². The normalized spacial score (nSPS) is 10.8. The van der Waals surface area contributed by atoms with Crippen LogP contribution >= 0.6 is 0 Å². The summed E-state index contributed by atoms with van der Waals surface area (Å²) in [7, 11) is 3.08. The molecule has 1 amide bonds. The van der Waals surface area contributed by atoms with Gasteiger partial charge in [-0.3, -0.25) is 4.79 Å². The predicted octanol–water partition coefficient (Wildman–Crippen LogP) is 3.87. The van der Waals surface area contributed by atoms with E-state index in [0.717, 1.165) is 11.1 Å². The first-order valence-corrected chi connectivity index (χ1v) is 7.70.